The lowest BCUT2D eigenvalue weighted by atomic mass is 9.85. The third-order valence-corrected chi connectivity index (χ3v) is 3.66. The van der Waals surface area contributed by atoms with Gasteiger partial charge in [-0.1, -0.05) is 18.2 Å². The Morgan fingerprint density at radius 3 is 2.39 bits per heavy atom. The van der Waals surface area contributed by atoms with Crippen LogP contribution in [0.4, 0.5) is 0 Å². The van der Waals surface area contributed by atoms with E-state index in [1.54, 1.807) is 12.4 Å². The maximum absolute atomic E-state index is 12.2. The van der Waals surface area contributed by atoms with Gasteiger partial charge in [-0.3, -0.25) is 19.5 Å². The number of fused-ring (bicyclic) bond motifs is 1. The van der Waals surface area contributed by atoms with Gasteiger partial charge < -0.3 is 0 Å². The summed E-state index contributed by atoms with van der Waals surface area (Å²) < 4.78 is 0. The van der Waals surface area contributed by atoms with Gasteiger partial charge in [-0.15, -0.1) is 0 Å². The van der Waals surface area contributed by atoms with E-state index in [2.05, 4.69) is 4.98 Å². The molecule has 1 fully saturated rings. The van der Waals surface area contributed by atoms with Crippen molar-refractivity contribution < 1.29 is 9.59 Å². The zero-order chi connectivity index (χ0) is 12.5. The summed E-state index contributed by atoms with van der Waals surface area (Å²) in [6, 6.07) is 3.70. The van der Waals surface area contributed by atoms with Gasteiger partial charge in [0.05, 0.1) is 18.4 Å². The molecular weight excluding hydrogens is 228 g/mol. The highest BCUT2D eigenvalue weighted by Crippen LogP contribution is 2.35. The molecule has 0 N–H and O–H groups in total. The lowest BCUT2D eigenvalue weighted by molar-refractivity contribution is -0.140. The summed E-state index contributed by atoms with van der Waals surface area (Å²) >= 11 is 0. The van der Waals surface area contributed by atoms with Crippen LogP contribution in [0.1, 0.15) is 18.4 Å². The second kappa shape index (κ2) is 4.37. The van der Waals surface area contributed by atoms with Crippen LogP contribution in [0.5, 0.6) is 0 Å². The van der Waals surface area contributed by atoms with Gasteiger partial charge in [-0.25, -0.2) is 0 Å². The number of aromatic nitrogens is 1. The van der Waals surface area contributed by atoms with Gasteiger partial charge in [-0.2, -0.15) is 0 Å². The zero-order valence-corrected chi connectivity index (χ0v) is 9.95. The molecule has 0 bridgehead atoms. The van der Waals surface area contributed by atoms with Crippen molar-refractivity contribution in [3.05, 3.63) is 42.2 Å². The summed E-state index contributed by atoms with van der Waals surface area (Å²) in [5.41, 5.74) is 0.894. The summed E-state index contributed by atoms with van der Waals surface area (Å²) in [7, 11) is 0. The molecule has 1 aromatic heterocycles. The van der Waals surface area contributed by atoms with E-state index < -0.39 is 0 Å². The molecule has 3 rings (SSSR count). The number of rotatable bonds is 2. The van der Waals surface area contributed by atoms with Gasteiger partial charge in [0.2, 0.25) is 11.8 Å². The SMILES string of the molecule is O=C1C2CC=CCC2C(=O)N1Cc1cccnc1. The number of carbonyl (C=O) groups is 2. The second-order valence-corrected chi connectivity index (χ2v) is 4.78. The molecule has 1 aromatic rings. The van der Waals surface area contributed by atoms with Crippen LogP contribution >= 0.6 is 0 Å². The minimum absolute atomic E-state index is 0.0294. The van der Waals surface area contributed by atoms with Crippen molar-refractivity contribution in [3.8, 4) is 0 Å². The number of likely N-dealkylation sites (tertiary alicyclic amines) is 1. The van der Waals surface area contributed by atoms with Gasteiger partial charge in [0.15, 0.2) is 0 Å². The third kappa shape index (κ3) is 1.74. The maximum Gasteiger partial charge on any atom is 0.233 e. The Morgan fingerprint density at radius 1 is 1.17 bits per heavy atom. The first-order valence-corrected chi connectivity index (χ1v) is 6.16. The van der Waals surface area contributed by atoms with Crippen molar-refractivity contribution in [1.29, 1.82) is 0 Å². The predicted molar refractivity (Wildman–Crippen MR) is 65.1 cm³/mol. The number of imide groups is 1. The normalized spacial score (nSPS) is 26.6. The average molecular weight is 242 g/mol. The molecule has 0 radical (unpaired) electrons. The molecule has 1 saturated heterocycles. The third-order valence-electron chi connectivity index (χ3n) is 3.66. The number of carbonyl (C=O) groups excluding carboxylic acids is 2. The summed E-state index contributed by atoms with van der Waals surface area (Å²) in [4.78, 5) is 29.8. The van der Waals surface area contributed by atoms with Crippen LogP contribution in [0.2, 0.25) is 0 Å². The molecule has 4 nitrogen and oxygen atoms in total. The quantitative estimate of drug-likeness (QED) is 0.583. The summed E-state index contributed by atoms with van der Waals surface area (Å²) in [6.45, 7) is 0.346. The van der Waals surface area contributed by atoms with Crippen LogP contribution in [-0.4, -0.2) is 21.7 Å². The zero-order valence-electron chi connectivity index (χ0n) is 9.95. The number of pyridine rings is 1. The van der Waals surface area contributed by atoms with E-state index in [0.29, 0.717) is 19.4 Å². The fourth-order valence-electron chi connectivity index (χ4n) is 2.70. The highest BCUT2D eigenvalue weighted by atomic mass is 16.2. The molecule has 1 aliphatic carbocycles. The number of nitrogens with zero attached hydrogens (tertiary/aromatic N) is 2. The van der Waals surface area contributed by atoms with E-state index in [9.17, 15) is 9.59 Å². The van der Waals surface area contributed by atoms with E-state index >= 15 is 0 Å². The number of amides is 2. The largest absolute Gasteiger partial charge is 0.278 e. The minimum Gasteiger partial charge on any atom is -0.278 e. The number of hydrogen-bond acceptors (Lipinski definition) is 3. The lowest BCUT2D eigenvalue weighted by Gasteiger charge is -2.14. The summed E-state index contributed by atoms with van der Waals surface area (Å²) in [6.07, 6.45) is 8.76. The second-order valence-electron chi connectivity index (χ2n) is 4.78. The maximum atomic E-state index is 12.2. The van der Waals surface area contributed by atoms with Crippen molar-refractivity contribution in [2.75, 3.05) is 0 Å². The standard InChI is InChI=1S/C14H14N2O2/c17-13-11-5-1-2-6-12(11)14(18)16(13)9-10-4-3-7-15-8-10/h1-4,7-8,11-12H,5-6,9H2. The molecule has 2 atom stereocenters. The Morgan fingerprint density at radius 2 is 1.83 bits per heavy atom. The molecule has 2 heterocycles. The molecule has 4 heteroatoms. The van der Waals surface area contributed by atoms with Gasteiger partial charge in [0.25, 0.3) is 0 Å². The van der Waals surface area contributed by atoms with E-state index in [4.69, 9.17) is 0 Å². The predicted octanol–water partition coefficient (Wildman–Crippen LogP) is 1.53. The first-order valence-electron chi connectivity index (χ1n) is 6.16. The molecule has 2 amide bonds. The average Bonchev–Trinajstić information content (AvgIpc) is 2.66. The summed E-state index contributed by atoms with van der Waals surface area (Å²) in [5, 5.41) is 0. The fourth-order valence-corrected chi connectivity index (χ4v) is 2.70. The van der Waals surface area contributed by atoms with Crippen LogP contribution in [0.3, 0.4) is 0 Å². The molecule has 2 aliphatic rings. The number of allylic oxidation sites excluding steroid dienone is 2. The van der Waals surface area contributed by atoms with Crippen molar-refractivity contribution in [1.82, 2.24) is 9.88 Å². The van der Waals surface area contributed by atoms with Crippen LogP contribution in [0, 0.1) is 11.8 Å². The minimum atomic E-state index is -0.140. The molecule has 0 spiro atoms. The molecule has 0 saturated carbocycles. The van der Waals surface area contributed by atoms with Gasteiger partial charge in [0.1, 0.15) is 0 Å². The highest BCUT2D eigenvalue weighted by molar-refractivity contribution is 6.05. The molecular formula is C14H14N2O2. The van der Waals surface area contributed by atoms with Gasteiger partial charge in [-0.05, 0) is 24.5 Å². The van der Waals surface area contributed by atoms with Crippen LogP contribution in [0.15, 0.2) is 36.7 Å². The van der Waals surface area contributed by atoms with Crippen molar-refractivity contribution in [2.45, 2.75) is 19.4 Å². The van der Waals surface area contributed by atoms with Crippen LogP contribution in [-0.2, 0) is 16.1 Å². The van der Waals surface area contributed by atoms with Gasteiger partial charge >= 0.3 is 0 Å². The van der Waals surface area contributed by atoms with E-state index in [0.717, 1.165) is 5.56 Å². The first-order chi connectivity index (χ1) is 8.77. The Hall–Kier alpha value is -1.97. The Labute approximate surface area is 105 Å². The Balaban J connectivity index is 1.82. The van der Waals surface area contributed by atoms with Crippen molar-refractivity contribution >= 4 is 11.8 Å². The lowest BCUT2D eigenvalue weighted by Crippen LogP contribution is -2.30. The highest BCUT2D eigenvalue weighted by Gasteiger charge is 2.46. The fraction of sp³-hybridized carbons (Fsp3) is 0.357. The van der Waals surface area contributed by atoms with Crippen molar-refractivity contribution in [3.63, 3.8) is 0 Å². The Bertz CT molecular complexity index is 484. The molecule has 0 aromatic carbocycles. The van der Waals surface area contributed by atoms with Crippen LogP contribution < -0.4 is 0 Å². The molecule has 1 aliphatic heterocycles. The van der Waals surface area contributed by atoms with Gasteiger partial charge in [0, 0.05) is 12.4 Å². The smallest absolute Gasteiger partial charge is 0.233 e. The Kier molecular flexibility index (Phi) is 2.70. The number of hydrogen-bond donors (Lipinski definition) is 0. The van der Waals surface area contributed by atoms with E-state index in [-0.39, 0.29) is 23.7 Å². The van der Waals surface area contributed by atoms with E-state index in [1.165, 1.54) is 4.90 Å². The monoisotopic (exact) mass is 242 g/mol. The van der Waals surface area contributed by atoms with Crippen LogP contribution in [0.25, 0.3) is 0 Å². The van der Waals surface area contributed by atoms with Crippen molar-refractivity contribution in [2.24, 2.45) is 11.8 Å². The molecule has 18 heavy (non-hydrogen) atoms. The first kappa shape index (κ1) is 11.1. The van der Waals surface area contributed by atoms with E-state index in [1.807, 2.05) is 24.3 Å². The topological polar surface area (TPSA) is 50.3 Å². The molecule has 2 unspecified atom stereocenters. The summed E-state index contributed by atoms with van der Waals surface area (Å²) in [5.74, 6) is -0.338. The molecule has 92 valence electrons.